The van der Waals surface area contributed by atoms with Crippen molar-refractivity contribution in [2.24, 2.45) is 9.98 Å². The monoisotopic (exact) mass is 1230 g/mol. The zero-order valence-corrected chi connectivity index (χ0v) is 49.2. The molecule has 0 spiro atoms. The Labute approximate surface area is 487 Å². The minimum Gasteiger partial charge on any atom is -0.497 e. The molecule has 2 aliphatic heterocycles. The summed E-state index contributed by atoms with van der Waals surface area (Å²) >= 11 is 20.1. The second kappa shape index (κ2) is 25.2. The number of halogens is 4. The summed E-state index contributed by atoms with van der Waals surface area (Å²) in [5.74, 6) is 0.422. The van der Waals surface area contributed by atoms with Gasteiger partial charge in [0.25, 0.3) is 5.91 Å². The van der Waals surface area contributed by atoms with Crippen LogP contribution in [-0.4, -0.2) is 65.8 Å². The molecular formula is C62H58Br2Cl2N6O7. The number of aliphatic imine (C=N–C) groups is 2. The van der Waals surface area contributed by atoms with Gasteiger partial charge in [-0.25, -0.2) is 9.59 Å². The molecule has 0 aliphatic carbocycles. The lowest BCUT2D eigenvalue weighted by Crippen LogP contribution is -2.38. The molecule has 2 aliphatic rings. The molecule has 2 heterocycles. The van der Waals surface area contributed by atoms with Crippen LogP contribution in [0.1, 0.15) is 80.5 Å². The second-order valence-corrected chi connectivity index (χ2v) is 23.2. The molecule has 406 valence electrons. The molecule has 9 rings (SSSR count). The molecular weight excluding hydrogens is 1170 g/mol. The maximum absolute atomic E-state index is 14.4. The van der Waals surface area contributed by atoms with Crippen molar-refractivity contribution in [1.82, 2.24) is 0 Å². The third kappa shape index (κ3) is 15.5. The van der Waals surface area contributed by atoms with Gasteiger partial charge in [0.05, 0.1) is 36.5 Å². The van der Waals surface area contributed by atoms with E-state index in [4.69, 9.17) is 47.4 Å². The number of carbonyl (C=O) groups excluding carboxylic acids is 4. The zero-order valence-electron chi connectivity index (χ0n) is 44.5. The summed E-state index contributed by atoms with van der Waals surface area (Å²) in [6, 6.07) is 47.3. The lowest BCUT2D eigenvalue weighted by atomic mass is 9.99. The van der Waals surface area contributed by atoms with Crippen molar-refractivity contribution in [1.29, 1.82) is 0 Å². The summed E-state index contributed by atoms with van der Waals surface area (Å²) < 4.78 is 17.9. The normalized spacial score (nSPS) is 15.1. The first-order chi connectivity index (χ1) is 37.6. The summed E-state index contributed by atoms with van der Waals surface area (Å²) in [5, 5.41) is 9.56. The molecule has 7 aromatic rings. The van der Waals surface area contributed by atoms with Gasteiger partial charge < -0.3 is 24.4 Å². The highest BCUT2D eigenvalue weighted by Crippen LogP contribution is 2.35. The van der Waals surface area contributed by atoms with Crippen LogP contribution >= 0.6 is 55.1 Å². The Kier molecular flexibility index (Phi) is 18.5. The number of amides is 4. The van der Waals surface area contributed by atoms with E-state index in [0.717, 1.165) is 53.6 Å². The number of nitrogens with zero attached hydrogens (tertiary/aromatic N) is 3. The summed E-state index contributed by atoms with van der Waals surface area (Å²) in [6.07, 6.45) is -0.250. The number of benzene rings is 7. The van der Waals surface area contributed by atoms with E-state index in [1.165, 1.54) is 0 Å². The molecule has 2 atom stereocenters. The van der Waals surface area contributed by atoms with Crippen LogP contribution in [0.15, 0.2) is 177 Å². The third-order valence-electron chi connectivity index (χ3n) is 12.3. The van der Waals surface area contributed by atoms with Gasteiger partial charge in [-0.2, -0.15) is 0 Å². The predicted octanol–water partition coefficient (Wildman–Crippen LogP) is 15.3. The summed E-state index contributed by atoms with van der Waals surface area (Å²) in [7, 11) is 1.62. The van der Waals surface area contributed by atoms with Gasteiger partial charge in [0.15, 0.2) is 0 Å². The maximum Gasteiger partial charge on any atom is 0.412 e. The standard InChI is InChI=1S/C35H33BrClN3O4.C27H25BrClN3O3/c1-35(2,3)44-34(42)38-26-14-11-23(12-15-26)32-28-20-25(37)13-18-31(28)40(21-22-9-16-27(43-4)17-10-22)33(41)30(39-32)19-24-7-5-6-8-29(24)36;1-27(2,3)35-26(34)30-19-11-8-16(9-12-19)24-20-15-18(29)10-13-22(20)32-25(33)23(31-24)14-17-6-4-5-7-21(17)28/h5-18,20,30H,19,21H2,1-4H3,(H,38,42);4-13,15,23H,14H2,1-3H3,(H,30,34)(H,32,33). The van der Waals surface area contributed by atoms with Crippen LogP contribution in [0.2, 0.25) is 10.0 Å². The number of ether oxygens (including phenoxy) is 3. The molecule has 17 heteroatoms. The van der Waals surface area contributed by atoms with Gasteiger partial charge in [-0.15, -0.1) is 0 Å². The van der Waals surface area contributed by atoms with E-state index in [1.54, 1.807) is 60.5 Å². The van der Waals surface area contributed by atoms with Crippen LogP contribution < -0.4 is 25.6 Å². The minimum absolute atomic E-state index is 0.127. The molecule has 4 amide bonds. The summed E-state index contributed by atoms with van der Waals surface area (Å²) in [5.41, 5.74) is 8.51. The molecule has 0 bridgehead atoms. The van der Waals surface area contributed by atoms with Crippen molar-refractivity contribution < 1.29 is 33.4 Å². The van der Waals surface area contributed by atoms with Crippen LogP contribution in [0.25, 0.3) is 0 Å². The summed E-state index contributed by atoms with van der Waals surface area (Å²) in [4.78, 5) is 63.8. The number of nitrogens with one attached hydrogen (secondary N) is 3. The summed E-state index contributed by atoms with van der Waals surface area (Å²) in [6.45, 7) is 11.2. The molecule has 0 fully saturated rings. The first-order valence-electron chi connectivity index (χ1n) is 25.3. The Morgan fingerprint density at radius 2 is 1.08 bits per heavy atom. The van der Waals surface area contributed by atoms with Crippen LogP contribution in [0.5, 0.6) is 5.75 Å². The molecule has 13 nitrogen and oxygen atoms in total. The average Bonchev–Trinajstić information content (AvgIpc) is 3.81. The zero-order chi connectivity index (χ0) is 56.6. The smallest absolute Gasteiger partial charge is 0.412 e. The van der Waals surface area contributed by atoms with Gasteiger partial charge in [-0.1, -0.05) is 128 Å². The first kappa shape index (κ1) is 57.9. The van der Waals surface area contributed by atoms with Crippen molar-refractivity contribution in [3.63, 3.8) is 0 Å². The fraction of sp³-hybridized carbons (Fsp3) is 0.226. The van der Waals surface area contributed by atoms with Gasteiger partial charge in [-0.05, 0) is 143 Å². The molecule has 0 aromatic heterocycles. The van der Waals surface area contributed by atoms with E-state index in [1.807, 2.05) is 151 Å². The van der Waals surface area contributed by atoms with E-state index < -0.39 is 35.5 Å². The van der Waals surface area contributed by atoms with Crippen molar-refractivity contribution >= 4 is 113 Å². The highest BCUT2D eigenvalue weighted by Gasteiger charge is 2.34. The quantitative estimate of drug-likeness (QED) is 0.116. The molecule has 3 N–H and O–H groups in total. The number of carbonyl (C=O) groups is 4. The Balaban J connectivity index is 0.000000214. The molecule has 79 heavy (non-hydrogen) atoms. The highest BCUT2D eigenvalue weighted by molar-refractivity contribution is 9.10. The number of methoxy groups -OCH3 is 1. The Hall–Kier alpha value is -7.30. The number of benzodiazepines with no additional fused rings is 2. The van der Waals surface area contributed by atoms with Crippen LogP contribution in [0.3, 0.4) is 0 Å². The number of hydrogen-bond donors (Lipinski definition) is 3. The van der Waals surface area contributed by atoms with Crippen LogP contribution in [0, 0.1) is 0 Å². The first-order valence-corrected chi connectivity index (χ1v) is 27.6. The van der Waals surface area contributed by atoms with E-state index in [9.17, 15) is 19.2 Å². The third-order valence-corrected chi connectivity index (χ3v) is 14.3. The second-order valence-electron chi connectivity index (χ2n) is 20.6. The molecule has 0 saturated carbocycles. The average molecular weight is 1230 g/mol. The largest absolute Gasteiger partial charge is 0.497 e. The number of anilines is 4. The lowest BCUT2D eigenvalue weighted by molar-refractivity contribution is -0.120. The van der Waals surface area contributed by atoms with Crippen LogP contribution in [0.4, 0.5) is 32.3 Å². The minimum atomic E-state index is -0.715. The van der Waals surface area contributed by atoms with Crippen molar-refractivity contribution in [3.8, 4) is 5.75 Å². The van der Waals surface area contributed by atoms with Gasteiger partial charge in [0, 0.05) is 65.5 Å². The Bertz CT molecular complexity index is 3450. The highest BCUT2D eigenvalue weighted by atomic mass is 79.9. The van der Waals surface area contributed by atoms with Gasteiger partial charge >= 0.3 is 12.2 Å². The number of rotatable bonds is 11. The fourth-order valence-electron chi connectivity index (χ4n) is 8.65. The van der Waals surface area contributed by atoms with Crippen molar-refractivity contribution in [2.75, 3.05) is 28.0 Å². The topological polar surface area (TPSA) is 160 Å². The van der Waals surface area contributed by atoms with E-state index >= 15 is 0 Å². The number of fused-ring (bicyclic) bond motifs is 2. The molecule has 0 saturated heterocycles. The lowest BCUT2D eigenvalue weighted by Gasteiger charge is -2.26. The SMILES string of the molecule is CC(C)(C)OC(=O)Nc1ccc(C2=NC(Cc3ccccc3Br)C(=O)Nc3ccc(Cl)cc32)cc1.COc1ccc(CN2C(=O)C(Cc3ccccc3Br)N=C(c3ccc(NC(=O)OC(C)(C)C)cc3)c3cc(Cl)ccc32)cc1. The van der Waals surface area contributed by atoms with Gasteiger partial charge in [0.2, 0.25) is 5.91 Å². The van der Waals surface area contributed by atoms with E-state index in [-0.39, 0.29) is 11.8 Å². The van der Waals surface area contributed by atoms with Crippen LogP contribution in [-0.2, 0) is 38.4 Å². The van der Waals surface area contributed by atoms with E-state index in [0.29, 0.717) is 63.6 Å². The predicted molar refractivity (Wildman–Crippen MR) is 323 cm³/mol. The Morgan fingerprint density at radius 1 is 0.608 bits per heavy atom. The fourth-order valence-corrected chi connectivity index (χ4v) is 9.89. The van der Waals surface area contributed by atoms with Gasteiger partial charge in [0.1, 0.15) is 29.0 Å². The number of hydrogen-bond acceptors (Lipinski definition) is 9. The maximum atomic E-state index is 14.4. The van der Waals surface area contributed by atoms with Gasteiger partial charge in [-0.3, -0.25) is 30.2 Å². The molecule has 7 aromatic carbocycles. The molecule has 2 unspecified atom stereocenters. The Morgan fingerprint density at radius 3 is 1.58 bits per heavy atom. The van der Waals surface area contributed by atoms with E-state index in [2.05, 4.69) is 47.8 Å². The van der Waals surface area contributed by atoms with Crippen molar-refractivity contribution in [2.45, 2.75) is 84.2 Å². The van der Waals surface area contributed by atoms with Crippen molar-refractivity contribution in [3.05, 3.63) is 216 Å². The molecule has 0 radical (unpaired) electrons.